The Morgan fingerprint density at radius 1 is 1.47 bits per heavy atom. The van der Waals surface area contributed by atoms with E-state index in [1.807, 2.05) is 6.92 Å². The zero-order valence-electron chi connectivity index (χ0n) is 10.3. The quantitative estimate of drug-likeness (QED) is 0.911. The summed E-state index contributed by atoms with van der Waals surface area (Å²) in [4.78, 5) is 11.9. The van der Waals surface area contributed by atoms with Crippen molar-refractivity contribution >= 4 is 29.1 Å². The second-order valence-corrected chi connectivity index (χ2v) is 5.08. The molecule has 1 atom stereocenters. The molecule has 1 aromatic carbocycles. The number of aromatic nitrogens is 2. The number of nitrogens with one attached hydrogen (secondary N) is 2. The van der Waals surface area contributed by atoms with E-state index in [1.165, 1.54) is 0 Å². The van der Waals surface area contributed by atoms with Crippen LogP contribution in [0.15, 0.2) is 30.6 Å². The second-order valence-electron chi connectivity index (χ2n) is 4.23. The summed E-state index contributed by atoms with van der Waals surface area (Å²) in [6, 6.07) is 5.01. The van der Waals surface area contributed by atoms with Crippen LogP contribution in [-0.4, -0.2) is 16.1 Å². The molecule has 2 N–H and O–H groups in total. The molecule has 2 rings (SSSR count). The number of H-pyrrole nitrogens is 1. The molecule has 0 fully saturated rings. The normalized spacial score (nSPS) is 12.2. The van der Waals surface area contributed by atoms with Crippen LogP contribution in [0.5, 0.6) is 0 Å². The Morgan fingerprint density at radius 2 is 2.26 bits per heavy atom. The van der Waals surface area contributed by atoms with E-state index in [9.17, 15) is 4.79 Å². The van der Waals surface area contributed by atoms with Gasteiger partial charge in [0.25, 0.3) is 0 Å². The van der Waals surface area contributed by atoms with E-state index in [1.54, 1.807) is 30.6 Å². The van der Waals surface area contributed by atoms with Crippen molar-refractivity contribution in [3.05, 3.63) is 51.8 Å². The van der Waals surface area contributed by atoms with E-state index in [-0.39, 0.29) is 18.4 Å². The number of rotatable bonds is 4. The SMILES string of the molecule is CC(NC(=O)Cc1ccc(Cl)cc1Cl)c1cn[nH]c1. The summed E-state index contributed by atoms with van der Waals surface area (Å²) in [5.74, 6) is -0.0991. The van der Waals surface area contributed by atoms with Crippen LogP contribution in [-0.2, 0) is 11.2 Å². The topological polar surface area (TPSA) is 57.8 Å². The monoisotopic (exact) mass is 297 g/mol. The van der Waals surface area contributed by atoms with Gasteiger partial charge in [-0.05, 0) is 24.6 Å². The van der Waals surface area contributed by atoms with Crippen LogP contribution in [0.25, 0.3) is 0 Å². The van der Waals surface area contributed by atoms with Gasteiger partial charge in [0.05, 0.1) is 18.7 Å². The summed E-state index contributed by atoms with van der Waals surface area (Å²) in [6.07, 6.45) is 3.65. The highest BCUT2D eigenvalue weighted by Gasteiger charge is 2.12. The molecule has 0 aliphatic carbocycles. The van der Waals surface area contributed by atoms with E-state index in [2.05, 4.69) is 15.5 Å². The molecule has 100 valence electrons. The van der Waals surface area contributed by atoms with Gasteiger partial charge in [0, 0.05) is 21.8 Å². The molecule has 0 radical (unpaired) electrons. The number of carbonyl (C=O) groups excluding carboxylic acids is 1. The summed E-state index contributed by atoms with van der Waals surface area (Å²) in [5, 5.41) is 10.5. The molecule has 1 aromatic heterocycles. The van der Waals surface area contributed by atoms with Crippen molar-refractivity contribution in [3.63, 3.8) is 0 Å². The van der Waals surface area contributed by atoms with Gasteiger partial charge in [0.15, 0.2) is 0 Å². The highest BCUT2D eigenvalue weighted by Crippen LogP contribution is 2.21. The van der Waals surface area contributed by atoms with Gasteiger partial charge in [-0.25, -0.2) is 0 Å². The molecule has 2 aromatic rings. The Bertz CT molecular complexity index is 569. The third-order valence-electron chi connectivity index (χ3n) is 2.76. The molecular formula is C13H13Cl2N3O. The third-order valence-corrected chi connectivity index (χ3v) is 3.35. The number of amides is 1. The molecule has 0 aliphatic heterocycles. The summed E-state index contributed by atoms with van der Waals surface area (Å²) in [6.45, 7) is 1.90. The first-order chi connectivity index (χ1) is 9.06. The second kappa shape index (κ2) is 6.08. The van der Waals surface area contributed by atoms with Crippen molar-refractivity contribution in [3.8, 4) is 0 Å². The fourth-order valence-corrected chi connectivity index (χ4v) is 2.19. The average molecular weight is 298 g/mol. The zero-order chi connectivity index (χ0) is 13.8. The number of hydrogen-bond donors (Lipinski definition) is 2. The van der Waals surface area contributed by atoms with Crippen molar-refractivity contribution in [2.45, 2.75) is 19.4 Å². The van der Waals surface area contributed by atoms with Gasteiger partial charge in [-0.2, -0.15) is 5.10 Å². The van der Waals surface area contributed by atoms with Gasteiger partial charge in [-0.1, -0.05) is 29.3 Å². The van der Waals surface area contributed by atoms with Gasteiger partial charge >= 0.3 is 0 Å². The Kier molecular flexibility index (Phi) is 4.45. The lowest BCUT2D eigenvalue weighted by atomic mass is 10.1. The van der Waals surface area contributed by atoms with E-state index < -0.39 is 0 Å². The molecule has 0 aliphatic rings. The Balaban J connectivity index is 1.98. The maximum atomic E-state index is 11.9. The van der Waals surface area contributed by atoms with Crippen molar-refractivity contribution in [1.29, 1.82) is 0 Å². The average Bonchev–Trinajstić information content (AvgIpc) is 2.86. The fourth-order valence-electron chi connectivity index (χ4n) is 1.71. The molecular weight excluding hydrogens is 285 g/mol. The van der Waals surface area contributed by atoms with E-state index in [0.717, 1.165) is 11.1 Å². The summed E-state index contributed by atoms with van der Waals surface area (Å²) < 4.78 is 0. The van der Waals surface area contributed by atoms with Crippen LogP contribution in [0.4, 0.5) is 0 Å². The third kappa shape index (κ3) is 3.72. The lowest BCUT2D eigenvalue weighted by molar-refractivity contribution is -0.121. The maximum Gasteiger partial charge on any atom is 0.224 e. The van der Waals surface area contributed by atoms with E-state index in [4.69, 9.17) is 23.2 Å². The van der Waals surface area contributed by atoms with Gasteiger partial charge in [0.2, 0.25) is 5.91 Å². The Labute approximate surface area is 121 Å². The molecule has 1 heterocycles. The minimum Gasteiger partial charge on any atom is -0.349 e. The molecule has 0 spiro atoms. The molecule has 19 heavy (non-hydrogen) atoms. The Morgan fingerprint density at radius 3 is 2.89 bits per heavy atom. The molecule has 0 saturated heterocycles. The Hall–Kier alpha value is -1.52. The van der Waals surface area contributed by atoms with Gasteiger partial charge in [0.1, 0.15) is 0 Å². The van der Waals surface area contributed by atoms with Gasteiger partial charge in [-0.3, -0.25) is 9.89 Å². The van der Waals surface area contributed by atoms with Crippen LogP contribution >= 0.6 is 23.2 Å². The fraction of sp³-hybridized carbons (Fsp3) is 0.231. The first-order valence-electron chi connectivity index (χ1n) is 5.78. The van der Waals surface area contributed by atoms with Crippen LogP contribution in [0.1, 0.15) is 24.1 Å². The summed E-state index contributed by atoms with van der Waals surface area (Å²) >= 11 is 11.8. The molecule has 4 nitrogen and oxygen atoms in total. The molecule has 1 amide bonds. The number of halogens is 2. The molecule has 0 bridgehead atoms. The molecule has 0 saturated carbocycles. The number of nitrogens with zero attached hydrogens (tertiary/aromatic N) is 1. The van der Waals surface area contributed by atoms with E-state index >= 15 is 0 Å². The molecule has 6 heteroatoms. The first kappa shape index (κ1) is 13.9. The van der Waals surface area contributed by atoms with Crippen LogP contribution < -0.4 is 5.32 Å². The number of aromatic amines is 1. The maximum absolute atomic E-state index is 11.9. The minimum absolute atomic E-state index is 0.0991. The number of hydrogen-bond acceptors (Lipinski definition) is 2. The van der Waals surface area contributed by atoms with Gasteiger partial charge < -0.3 is 5.32 Å². The molecule has 1 unspecified atom stereocenters. The van der Waals surface area contributed by atoms with Crippen molar-refractivity contribution < 1.29 is 4.79 Å². The standard InChI is InChI=1S/C13H13Cl2N3O/c1-8(10-6-16-17-7-10)18-13(19)4-9-2-3-11(14)5-12(9)15/h2-3,5-8H,4H2,1H3,(H,16,17)(H,18,19). The van der Waals surface area contributed by atoms with Crippen molar-refractivity contribution in [1.82, 2.24) is 15.5 Å². The van der Waals surface area contributed by atoms with Gasteiger partial charge in [-0.15, -0.1) is 0 Å². The van der Waals surface area contributed by atoms with E-state index in [0.29, 0.717) is 10.0 Å². The summed E-state index contributed by atoms with van der Waals surface area (Å²) in [7, 11) is 0. The largest absolute Gasteiger partial charge is 0.349 e. The van der Waals surface area contributed by atoms with Crippen LogP contribution in [0.3, 0.4) is 0 Å². The lowest BCUT2D eigenvalue weighted by Gasteiger charge is -2.12. The number of benzene rings is 1. The van der Waals surface area contributed by atoms with Crippen LogP contribution in [0, 0.1) is 0 Å². The predicted molar refractivity (Wildman–Crippen MR) is 75.3 cm³/mol. The smallest absolute Gasteiger partial charge is 0.224 e. The number of carbonyl (C=O) groups is 1. The van der Waals surface area contributed by atoms with Crippen molar-refractivity contribution in [2.24, 2.45) is 0 Å². The first-order valence-corrected chi connectivity index (χ1v) is 6.54. The zero-order valence-corrected chi connectivity index (χ0v) is 11.8. The highest BCUT2D eigenvalue weighted by atomic mass is 35.5. The van der Waals surface area contributed by atoms with Crippen molar-refractivity contribution in [2.75, 3.05) is 0 Å². The van der Waals surface area contributed by atoms with Crippen LogP contribution in [0.2, 0.25) is 10.0 Å². The predicted octanol–water partition coefficient (Wildman–Crippen LogP) is 3.14. The lowest BCUT2D eigenvalue weighted by Crippen LogP contribution is -2.28. The highest BCUT2D eigenvalue weighted by molar-refractivity contribution is 6.35. The minimum atomic E-state index is -0.0997. The summed E-state index contributed by atoms with van der Waals surface area (Å²) in [5.41, 5.74) is 1.68.